The van der Waals surface area contributed by atoms with Gasteiger partial charge in [0, 0.05) is 61.1 Å². The third kappa shape index (κ3) is 17.3. The number of cyclic esters (lactones) is 1. The number of nitro groups is 1. The second-order valence-electron chi connectivity index (χ2n) is 22.7. The van der Waals surface area contributed by atoms with Gasteiger partial charge in [-0.25, -0.2) is 15.0 Å². The molecule has 3 heterocycles. The first-order valence-corrected chi connectivity index (χ1v) is 27.1. The van der Waals surface area contributed by atoms with Gasteiger partial charge < -0.3 is 58.7 Å². The predicted octanol–water partition coefficient (Wildman–Crippen LogP) is 5.50. The van der Waals surface area contributed by atoms with Crippen molar-refractivity contribution in [2.75, 3.05) is 34.2 Å². The number of carbonyl (C=O) groups is 4. The number of aliphatic hydroxyl groups excluding tert-OH is 2. The second-order valence-corrected chi connectivity index (χ2v) is 22.7. The minimum Gasteiger partial charge on any atom is -0.459 e. The lowest BCUT2D eigenvalue weighted by Gasteiger charge is -2.49. The minimum atomic E-state index is -1.69. The average molecular weight is 1100 g/mol. The summed E-state index contributed by atoms with van der Waals surface area (Å²) in [7, 11) is 5.54. The predicted molar refractivity (Wildman–Crippen MR) is 288 cm³/mol. The third-order valence-corrected chi connectivity index (χ3v) is 15.3. The number of aliphatic hydroxyl groups is 3. The van der Waals surface area contributed by atoms with Crippen LogP contribution in [0.5, 0.6) is 0 Å². The quantitative estimate of drug-likeness (QED) is 0.0448. The molecule has 22 nitrogen and oxygen atoms in total. The van der Waals surface area contributed by atoms with Crippen LogP contribution in [0, 0.1) is 33.3 Å². The van der Waals surface area contributed by atoms with Crippen molar-refractivity contribution in [3.8, 4) is 0 Å². The Hall–Kier alpha value is -5.30. The number of hydrogen-bond donors (Lipinski definition) is 6. The Labute approximate surface area is 458 Å². The molecule has 0 bridgehead atoms. The number of nitrogens with zero attached hydrogens (tertiary/aromatic N) is 3. The average Bonchev–Trinajstić information content (AvgIpc) is 3.38. The molecule has 3 amide bonds. The standard InChI is InChI=1S/C56H86N6O16/c1-14-42-46(65)48(76-53(67)57-27-26-38-18-16-15-17-19-38)36(6)61(13)31-32(2)29-56(10,69)49(77-52-45(64)41(60(11)12)28-33(3)72-52)34(4)47(35(5)51(66)74-42)75-44-30-55(8,9)50(37(7)73-44)78-54(68)59-58-43(63)25-22-39-20-23-40(24-21-39)62(70)71/h15-25,32-37,41-42,44-50,52,64-65,69H,14,26-31H2,1-13H3,(H,57,67)(H,58,63)(H,59,68)/b25-22+/t32-,33-,34+,35-,36-,37+,41+,42-,44?,45-,46+,47+,48-,49-,50+,52+,56+/m1/s1. The van der Waals surface area contributed by atoms with Gasteiger partial charge in [0.05, 0.1) is 40.9 Å². The van der Waals surface area contributed by atoms with Crippen molar-refractivity contribution in [1.82, 2.24) is 26.0 Å². The van der Waals surface area contributed by atoms with Gasteiger partial charge in [0.25, 0.3) is 11.6 Å². The first-order chi connectivity index (χ1) is 36.6. The Morgan fingerprint density at radius 2 is 1.55 bits per heavy atom. The number of hydrazine groups is 1. The van der Waals surface area contributed by atoms with Crippen molar-refractivity contribution in [2.24, 2.45) is 23.2 Å². The Morgan fingerprint density at radius 3 is 2.17 bits per heavy atom. The van der Waals surface area contributed by atoms with Gasteiger partial charge in [-0.2, -0.15) is 0 Å². The Bertz CT molecular complexity index is 2310. The summed E-state index contributed by atoms with van der Waals surface area (Å²) in [5, 5.41) is 50.7. The molecule has 2 aromatic carbocycles. The maximum absolute atomic E-state index is 14.8. The molecule has 3 saturated heterocycles. The molecule has 22 heteroatoms. The molecule has 3 aliphatic heterocycles. The van der Waals surface area contributed by atoms with E-state index in [1.807, 2.05) is 95.9 Å². The fourth-order valence-electron chi connectivity index (χ4n) is 11.1. The van der Waals surface area contributed by atoms with Gasteiger partial charge in [0.2, 0.25) is 0 Å². The summed E-state index contributed by atoms with van der Waals surface area (Å²) in [5.41, 5.74) is 3.37. The molecule has 17 atom stereocenters. The zero-order chi connectivity index (χ0) is 57.8. The van der Waals surface area contributed by atoms with Crippen molar-refractivity contribution in [3.05, 3.63) is 81.9 Å². The van der Waals surface area contributed by atoms with E-state index in [-0.39, 0.29) is 49.6 Å². The van der Waals surface area contributed by atoms with Crippen LogP contribution < -0.4 is 16.2 Å². The molecular formula is C56H86N6O16. The van der Waals surface area contributed by atoms with E-state index in [0.717, 1.165) is 11.6 Å². The van der Waals surface area contributed by atoms with E-state index in [0.29, 0.717) is 24.9 Å². The molecule has 2 aromatic rings. The number of esters is 1. The van der Waals surface area contributed by atoms with Crippen LogP contribution in [0.25, 0.3) is 6.08 Å². The van der Waals surface area contributed by atoms with Gasteiger partial charge in [-0.05, 0) is 117 Å². The van der Waals surface area contributed by atoms with Crippen LogP contribution in [0.1, 0.15) is 106 Å². The van der Waals surface area contributed by atoms with Gasteiger partial charge in [-0.15, -0.1) is 0 Å². The summed E-state index contributed by atoms with van der Waals surface area (Å²) in [6.07, 6.45) is -9.32. The molecule has 1 unspecified atom stereocenters. The SMILES string of the molecule is CC[C@H]1OC(=O)[C@H](C)[C@@H](OC2CC(C)(C)[C@@H](OC(=O)NNC(=O)/C=C/c3ccc([N+](=O)[O-])cc3)[C@H](C)O2)[C@H](C)[C@@H](O[C@@H]2O[C@H](C)C[C@H](N(C)C)[C@H]2O)[C@@](C)(O)C[C@@H](C)CN(C)[C@H](C)[C@@H](OC(=O)NCCc2ccccc2)[C@H]1O. The van der Waals surface area contributed by atoms with Crippen LogP contribution in [-0.4, -0.2) is 174 Å². The van der Waals surface area contributed by atoms with Gasteiger partial charge in [-0.1, -0.05) is 65.0 Å². The molecule has 3 aliphatic rings. The molecule has 0 aromatic heterocycles. The van der Waals surface area contributed by atoms with Crippen LogP contribution >= 0.6 is 0 Å². The summed E-state index contributed by atoms with van der Waals surface area (Å²) < 4.78 is 44.6. The molecular weight excluding hydrogens is 1010 g/mol. The van der Waals surface area contributed by atoms with Crippen molar-refractivity contribution in [3.63, 3.8) is 0 Å². The molecule has 436 valence electrons. The van der Waals surface area contributed by atoms with E-state index in [1.54, 1.807) is 34.6 Å². The lowest BCUT2D eigenvalue weighted by molar-refractivity contribution is -0.384. The largest absolute Gasteiger partial charge is 0.459 e. The number of ether oxygens (including phenoxy) is 7. The number of non-ortho nitro benzene ring substituents is 1. The Balaban J connectivity index is 1.42. The summed E-state index contributed by atoms with van der Waals surface area (Å²) in [5.74, 6) is -3.75. The fourth-order valence-corrected chi connectivity index (χ4v) is 11.1. The summed E-state index contributed by atoms with van der Waals surface area (Å²) in [4.78, 5) is 68.3. The lowest BCUT2D eigenvalue weighted by atomic mass is 9.77. The van der Waals surface area contributed by atoms with E-state index >= 15 is 0 Å². The number of nitrogens with one attached hydrogen (secondary N) is 3. The van der Waals surface area contributed by atoms with Gasteiger partial charge in [-0.3, -0.25) is 30.0 Å². The highest BCUT2D eigenvalue weighted by molar-refractivity contribution is 5.92. The number of hydrogen-bond acceptors (Lipinski definition) is 18. The molecule has 78 heavy (non-hydrogen) atoms. The summed E-state index contributed by atoms with van der Waals surface area (Å²) >= 11 is 0. The van der Waals surface area contributed by atoms with Crippen molar-refractivity contribution < 1.29 is 72.6 Å². The maximum Gasteiger partial charge on any atom is 0.426 e. The lowest BCUT2D eigenvalue weighted by Crippen LogP contribution is -2.60. The number of amides is 3. The Kier molecular flexibility index (Phi) is 23.0. The molecule has 6 N–H and O–H groups in total. The number of likely N-dealkylation sites (N-methyl/N-ethyl adjacent to an activating group) is 2. The third-order valence-electron chi connectivity index (χ3n) is 15.3. The summed E-state index contributed by atoms with van der Waals surface area (Å²) in [6, 6.07) is 14.2. The van der Waals surface area contributed by atoms with E-state index in [9.17, 15) is 44.6 Å². The van der Waals surface area contributed by atoms with Crippen LogP contribution in [0.4, 0.5) is 15.3 Å². The highest BCUT2D eigenvalue weighted by Crippen LogP contribution is 2.42. The number of benzene rings is 2. The zero-order valence-electron chi connectivity index (χ0n) is 47.5. The topological polar surface area (TPSA) is 279 Å². The van der Waals surface area contributed by atoms with Gasteiger partial charge in [0.15, 0.2) is 12.6 Å². The normalized spacial score (nSPS) is 34.4. The number of rotatable bonds is 14. The van der Waals surface area contributed by atoms with Crippen LogP contribution in [-0.2, 0) is 49.2 Å². The zero-order valence-corrected chi connectivity index (χ0v) is 47.5. The Morgan fingerprint density at radius 1 is 0.885 bits per heavy atom. The number of nitro benzene ring substituents is 1. The number of carbonyl (C=O) groups excluding carboxylic acids is 4. The van der Waals surface area contributed by atoms with E-state index in [2.05, 4.69) is 16.2 Å². The van der Waals surface area contributed by atoms with Gasteiger partial charge >= 0.3 is 18.2 Å². The van der Waals surface area contributed by atoms with Gasteiger partial charge in [0.1, 0.15) is 30.5 Å². The fraction of sp³-hybridized carbons (Fsp3) is 0.679. The monoisotopic (exact) mass is 1100 g/mol. The molecule has 0 radical (unpaired) electrons. The molecule has 0 saturated carbocycles. The number of alkyl carbamates (subject to hydrolysis) is 1. The van der Waals surface area contributed by atoms with E-state index in [4.69, 9.17) is 33.2 Å². The molecule has 5 rings (SSSR count). The van der Waals surface area contributed by atoms with Crippen molar-refractivity contribution >= 4 is 35.8 Å². The molecule has 3 fully saturated rings. The molecule has 0 spiro atoms. The smallest absolute Gasteiger partial charge is 0.426 e. The van der Waals surface area contributed by atoms with E-state index in [1.165, 1.54) is 30.3 Å². The maximum atomic E-state index is 14.8. The van der Waals surface area contributed by atoms with Crippen LogP contribution in [0.15, 0.2) is 60.7 Å². The van der Waals surface area contributed by atoms with Crippen LogP contribution in [0.3, 0.4) is 0 Å². The van der Waals surface area contributed by atoms with Crippen molar-refractivity contribution in [2.45, 2.75) is 187 Å². The second kappa shape index (κ2) is 28.2. The van der Waals surface area contributed by atoms with Crippen LogP contribution in [0.2, 0.25) is 0 Å². The van der Waals surface area contributed by atoms with E-state index < -0.39 is 119 Å². The van der Waals surface area contributed by atoms with Crippen molar-refractivity contribution in [1.29, 1.82) is 0 Å². The highest BCUT2D eigenvalue weighted by Gasteiger charge is 2.52. The summed E-state index contributed by atoms with van der Waals surface area (Å²) in [6.45, 7) is 18.4. The molecule has 0 aliphatic carbocycles. The highest BCUT2D eigenvalue weighted by atomic mass is 16.7. The minimum absolute atomic E-state index is 0.105. The first kappa shape index (κ1) is 63.5. The first-order valence-electron chi connectivity index (χ1n) is 27.1.